The highest BCUT2D eigenvalue weighted by atomic mass is 35.5. The molecule has 4 nitrogen and oxygen atoms in total. The lowest BCUT2D eigenvalue weighted by Crippen LogP contribution is -2.31. The SMILES string of the molecule is CCOc1cc(C(=S)NC[C@H]2CCCO2)ccc1OCc1ccc(Cl)cc1. The summed E-state index contributed by atoms with van der Waals surface area (Å²) in [6.07, 6.45) is 2.45. The minimum absolute atomic E-state index is 0.247. The summed E-state index contributed by atoms with van der Waals surface area (Å²) in [5.74, 6) is 1.38. The molecule has 0 aromatic heterocycles. The number of halogens is 1. The third-order valence-electron chi connectivity index (χ3n) is 4.33. The van der Waals surface area contributed by atoms with E-state index in [1.165, 1.54) is 0 Å². The lowest BCUT2D eigenvalue weighted by atomic mass is 10.2. The molecule has 0 amide bonds. The Bertz CT molecular complexity index is 761. The Labute approximate surface area is 170 Å². The number of hydrogen-bond acceptors (Lipinski definition) is 4. The summed E-state index contributed by atoms with van der Waals surface area (Å²) in [7, 11) is 0. The molecule has 0 radical (unpaired) electrons. The molecule has 1 aliphatic rings. The van der Waals surface area contributed by atoms with Crippen molar-refractivity contribution >= 4 is 28.8 Å². The Balaban J connectivity index is 1.63. The van der Waals surface area contributed by atoms with Crippen molar-refractivity contribution in [3.63, 3.8) is 0 Å². The molecular weight excluding hydrogens is 382 g/mol. The van der Waals surface area contributed by atoms with E-state index in [2.05, 4.69) is 5.32 Å². The fraction of sp³-hybridized carbons (Fsp3) is 0.381. The zero-order valence-electron chi connectivity index (χ0n) is 15.4. The van der Waals surface area contributed by atoms with Gasteiger partial charge in [0.2, 0.25) is 0 Å². The Kier molecular flexibility index (Phi) is 7.33. The summed E-state index contributed by atoms with van der Waals surface area (Å²) in [4.78, 5) is 0.690. The van der Waals surface area contributed by atoms with Crippen molar-refractivity contribution in [3.8, 4) is 11.5 Å². The van der Waals surface area contributed by atoms with Gasteiger partial charge in [-0.05, 0) is 55.7 Å². The van der Waals surface area contributed by atoms with E-state index < -0.39 is 0 Å². The Morgan fingerprint density at radius 1 is 1.19 bits per heavy atom. The number of benzene rings is 2. The molecule has 0 aliphatic carbocycles. The van der Waals surface area contributed by atoms with Gasteiger partial charge in [0.15, 0.2) is 11.5 Å². The fourth-order valence-electron chi connectivity index (χ4n) is 2.89. The van der Waals surface area contributed by atoms with Crippen LogP contribution < -0.4 is 14.8 Å². The maximum Gasteiger partial charge on any atom is 0.161 e. The smallest absolute Gasteiger partial charge is 0.161 e. The minimum Gasteiger partial charge on any atom is -0.490 e. The monoisotopic (exact) mass is 405 g/mol. The van der Waals surface area contributed by atoms with Gasteiger partial charge in [0.1, 0.15) is 11.6 Å². The van der Waals surface area contributed by atoms with Gasteiger partial charge in [-0.3, -0.25) is 0 Å². The molecule has 6 heteroatoms. The first kappa shape index (κ1) is 19.9. The summed E-state index contributed by atoms with van der Waals surface area (Å²) >= 11 is 11.4. The maximum absolute atomic E-state index is 5.94. The number of nitrogens with one attached hydrogen (secondary N) is 1. The van der Waals surface area contributed by atoms with Crippen LogP contribution in [0.5, 0.6) is 11.5 Å². The van der Waals surface area contributed by atoms with Crippen molar-refractivity contribution in [2.75, 3.05) is 19.8 Å². The first-order valence-corrected chi connectivity index (χ1v) is 9.98. The van der Waals surface area contributed by atoms with Gasteiger partial charge in [0.25, 0.3) is 0 Å². The molecule has 2 aromatic carbocycles. The average molecular weight is 406 g/mol. The van der Waals surface area contributed by atoms with E-state index in [0.717, 1.165) is 37.1 Å². The summed E-state index contributed by atoms with van der Waals surface area (Å²) in [6.45, 7) is 4.52. The van der Waals surface area contributed by atoms with Gasteiger partial charge in [-0.25, -0.2) is 0 Å². The van der Waals surface area contributed by atoms with Crippen LogP contribution >= 0.6 is 23.8 Å². The molecule has 1 aliphatic heterocycles. The average Bonchev–Trinajstić information content (AvgIpc) is 3.20. The van der Waals surface area contributed by atoms with E-state index >= 15 is 0 Å². The highest BCUT2D eigenvalue weighted by Crippen LogP contribution is 2.29. The number of thiocarbonyl (C=S) groups is 1. The van der Waals surface area contributed by atoms with E-state index in [4.69, 9.17) is 38.0 Å². The molecule has 1 saturated heterocycles. The third-order valence-corrected chi connectivity index (χ3v) is 4.96. The first-order valence-electron chi connectivity index (χ1n) is 9.19. The van der Waals surface area contributed by atoms with Crippen LogP contribution in [-0.4, -0.2) is 30.9 Å². The van der Waals surface area contributed by atoms with E-state index in [1.807, 2.05) is 49.4 Å². The van der Waals surface area contributed by atoms with E-state index in [-0.39, 0.29) is 6.10 Å². The molecule has 1 fully saturated rings. The molecule has 3 rings (SSSR count). The van der Waals surface area contributed by atoms with Crippen LogP contribution in [0, 0.1) is 0 Å². The maximum atomic E-state index is 5.94. The van der Waals surface area contributed by atoms with Gasteiger partial charge < -0.3 is 19.5 Å². The molecular formula is C21H24ClNO3S. The quantitative estimate of drug-likeness (QED) is 0.641. The van der Waals surface area contributed by atoms with Crippen LogP contribution in [0.4, 0.5) is 0 Å². The molecule has 144 valence electrons. The van der Waals surface area contributed by atoms with Crippen molar-refractivity contribution in [1.29, 1.82) is 0 Å². The zero-order valence-corrected chi connectivity index (χ0v) is 16.9. The lowest BCUT2D eigenvalue weighted by Gasteiger charge is -2.16. The number of rotatable bonds is 8. The molecule has 27 heavy (non-hydrogen) atoms. The van der Waals surface area contributed by atoms with Gasteiger partial charge in [-0.2, -0.15) is 0 Å². The molecule has 2 aromatic rings. The normalized spacial score (nSPS) is 16.1. The second-order valence-corrected chi connectivity index (χ2v) is 7.20. The van der Waals surface area contributed by atoms with Gasteiger partial charge in [-0.15, -0.1) is 0 Å². The van der Waals surface area contributed by atoms with Crippen LogP contribution in [-0.2, 0) is 11.3 Å². The van der Waals surface area contributed by atoms with Crippen molar-refractivity contribution < 1.29 is 14.2 Å². The molecule has 0 saturated carbocycles. The molecule has 0 spiro atoms. The van der Waals surface area contributed by atoms with Crippen LogP contribution in [0.2, 0.25) is 5.02 Å². The van der Waals surface area contributed by atoms with Crippen LogP contribution in [0.15, 0.2) is 42.5 Å². The fourth-order valence-corrected chi connectivity index (χ4v) is 3.23. The predicted octanol–water partition coefficient (Wildman–Crippen LogP) is 4.76. The second-order valence-electron chi connectivity index (χ2n) is 6.35. The van der Waals surface area contributed by atoms with E-state index in [0.29, 0.717) is 34.7 Å². The van der Waals surface area contributed by atoms with Crippen LogP contribution in [0.3, 0.4) is 0 Å². The summed E-state index contributed by atoms with van der Waals surface area (Å²) in [6, 6.07) is 13.4. The first-order chi connectivity index (χ1) is 13.2. The molecule has 0 unspecified atom stereocenters. The third kappa shape index (κ3) is 5.83. The van der Waals surface area contributed by atoms with E-state index in [1.54, 1.807) is 0 Å². The van der Waals surface area contributed by atoms with Crippen LogP contribution in [0.1, 0.15) is 30.9 Å². The summed E-state index contributed by atoms with van der Waals surface area (Å²) in [5, 5.41) is 4.00. The van der Waals surface area contributed by atoms with Gasteiger partial charge in [0, 0.05) is 23.7 Å². The Morgan fingerprint density at radius 3 is 2.70 bits per heavy atom. The van der Waals surface area contributed by atoms with Crippen molar-refractivity contribution in [1.82, 2.24) is 5.32 Å². The van der Waals surface area contributed by atoms with Crippen molar-refractivity contribution in [2.24, 2.45) is 0 Å². The van der Waals surface area contributed by atoms with Gasteiger partial charge in [-0.1, -0.05) is 36.0 Å². The van der Waals surface area contributed by atoms with Crippen LogP contribution in [0.25, 0.3) is 0 Å². The topological polar surface area (TPSA) is 39.7 Å². The van der Waals surface area contributed by atoms with Gasteiger partial charge >= 0.3 is 0 Å². The number of hydrogen-bond donors (Lipinski definition) is 1. The van der Waals surface area contributed by atoms with Gasteiger partial charge in [0.05, 0.1) is 12.7 Å². The number of ether oxygens (including phenoxy) is 3. The zero-order chi connectivity index (χ0) is 19.1. The Morgan fingerprint density at radius 2 is 2.00 bits per heavy atom. The molecule has 0 bridgehead atoms. The molecule has 1 atom stereocenters. The molecule has 1 heterocycles. The summed E-state index contributed by atoms with van der Waals surface area (Å²) < 4.78 is 17.3. The second kappa shape index (κ2) is 9.93. The van der Waals surface area contributed by atoms with Crippen molar-refractivity contribution in [2.45, 2.75) is 32.5 Å². The minimum atomic E-state index is 0.247. The lowest BCUT2D eigenvalue weighted by molar-refractivity contribution is 0.114. The molecule has 1 N–H and O–H groups in total. The summed E-state index contributed by atoms with van der Waals surface area (Å²) in [5.41, 5.74) is 1.95. The Hall–Kier alpha value is -1.82. The highest BCUT2D eigenvalue weighted by molar-refractivity contribution is 7.80. The standard InChI is InChI=1S/C21H24ClNO3S/c1-2-24-20-12-16(21(27)23-13-18-4-3-11-25-18)7-10-19(20)26-14-15-5-8-17(22)9-6-15/h5-10,12,18H,2-4,11,13-14H2,1H3,(H,23,27)/t18-/m1/s1. The van der Waals surface area contributed by atoms with E-state index in [9.17, 15) is 0 Å². The highest BCUT2D eigenvalue weighted by Gasteiger charge is 2.16. The predicted molar refractivity (Wildman–Crippen MR) is 112 cm³/mol. The largest absolute Gasteiger partial charge is 0.490 e. The van der Waals surface area contributed by atoms with Crippen molar-refractivity contribution in [3.05, 3.63) is 58.6 Å².